The van der Waals surface area contributed by atoms with Crippen molar-refractivity contribution in [2.24, 2.45) is 18.9 Å². The third-order valence-corrected chi connectivity index (χ3v) is 4.55. The summed E-state index contributed by atoms with van der Waals surface area (Å²) in [6.45, 7) is 5.54. The minimum absolute atomic E-state index is 0.809. The molecule has 3 nitrogen and oxygen atoms in total. The van der Waals surface area contributed by atoms with Gasteiger partial charge in [0, 0.05) is 32.2 Å². The quantitative estimate of drug-likeness (QED) is 0.790. The van der Waals surface area contributed by atoms with Crippen molar-refractivity contribution in [2.75, 3.05) is 13.1 Å². The van der Waals surface area contributed by atoms with Gasteiger partial charge in [0.1, 0.15) is 5.15 Å². The molecule has 0 saturated heterocycles. The molecule has 0 spiro atoms. The monoisotopic (exact) mass is 267 g/mol. The highest BCUT2D eigenvalue weighted by Gasteiger charge is 2.30. The summed E-state index contributed by atoms with van der Waals surface area (Å²) in [6.07, 6.45) is 5.67. The molecule has 4 heteroatoms. The molecule has 1 aromatic rings. The van der Waals surface area contributed by atoms with E-state index in [0.717, 1.165) is 29.2 Å². The van der Waals surface area contributed by atoms with E-state index in [9.17, 15) is 0 Å². The van der Waals surface area contributed by atoms with E-state index in [0.29, 0.717) is 0 Å². The molecule has 2 aliphatic carbocycles. The zero-order valence-corrected chi connectivity index (χ0v) is 12.1. The van der Waals surface area contributed by atoms with Crippen molar-refractivity contribution in [1.82, 2.24) is 14.7 Å². The maximum absolute atomic E-state index is 6.34. The SMILES string of the molecule is Cc1nn(C)c(Cl)c1CN(CC1CC1)CC1CC1. The van der Waals surface area contributed by atoms with Crippen LogP contribution in [0.15, 0.2) is 0 Å². The van der Waals surface area contributed by atoms with Crippen LogP contribution in [-0.2, 0) is 13.6 Å². The first-order valence-electron chi connectivity index (χ1n) is 7.04. The second-order valence-electron chi connectivity index (χ2n) is 6.06. The fourth-order valence-corrected chi connectivity index (χ4v) is 2.85. The van der Waals surface area contributed by atoms with Gasteiger partial charge in [-0.05, 0) is 44.4 Å². The molecule has 100 valence electrons. The molecule has 2 saturated carbocycles. The van der Waals surface area contributed by atoms with E-state index in [1.165, 1.54) is 44.3 Å². The van der Waals surface area contributed by atoms with Crippen LogP contribution in [-0.4, -0.2) is 27.8 Å². The minimum Gasteiger partial charge on any atom is -0.298 e. The number of aryl methyl sites for hydroxylation is 2. The molecule has 0 aromatic carbocycles. The highest BCUT2D eigenvalue weighted by molar-refractivity contribution is 6.30. The Morgan fingerprint density at radius 1 is 1.22 bits per heavy atom. The second kappa shape index (κ2) is 4.86. The summed E-state index contributed by atoms with van der Waals surface area (Å²) in [4.78, 5) is 2.60. The van der Waals surface area contributed by atoms with Gasteiger partial charge in [0.25, 0.3) is 0 Å². The van der Waals surface area contributed by atoms with Gasteiger partial charge in [0.05, 0.1) is 5.69 Å². The number of halogens is 1. The van der Waals surface area contributed by atoms with Gasteiger partial charge in [-0.2, -0.15) is 5.10 Å². The van der Waals surface area contributed by atoms with E-state index in [-0.39, 0.29) is 0 Å². The Hall–Kier alpha value is -0.540. The molecule has 2 fully saturated rings. The zero-order valence-electron chi connectivity index (χ0n) is 11.3. The molecule has 0 aliphatic heterocycles. The van der Waals surface area contributed by atoms with Crippen LogP contribution in [0.3, 0.4) is 0 Å². The molecule has 1 aromatic heterocycles. The lowest BCUT2D eigenvalue weighted by Gasteiger charge is -2.22. The van der Waals surface area contributed by atoms with Crippen molar-refractivity contribution in [2.45, 2.75) is 39.2 Å². The van der Waals surface area contributed by atoms with E-state index < -0.39 is 0 Å². The zero-order chi connectivity index (χ0) is 12.7. The highest BCUT2D eigenvalue weighted by atomic mass is 35.5. The molecule has 0 amide bonds. The molecule has 1 heterocycles. The van der Waals surface area contributed by atoms with Crippen LogP contribution in [0.2, 0.25) is 5.15 Å². The first-order valence-corrected chi connectivity index (χ1v) is 7.41. The normalized spacial score (nSPS) is 19.8. The Balaban J connectivity index is 1.69. The van der Waals surface area contributed by atoms with Crippen LogP contribution in [0, 0.1) is 18.8 Å². The summed E-state index contributed by atoms with van der Waals surface area (Å²) in [5.41, 5.74) is 2.31. The molecule has 0 atom stereocenters. The van der Waals surface area contributed by atoms with Crippen LogP contribution in [0.1, 0.15) is 36.9 Å². The number of hydrogen-bond donors (Lipinski definition) is 0. The molecule has 2 aliphatic rings. The Kier molecular flexibility index (Phi) is 3.37. The van der Waals surface area contributed by atoms with Gasteiger partial charge in [-0.3, -0.25) is 9.58 Å². The van der Waals surface area contributed by atoms with Gasteiger partial charge >= 0.3 is 0 Å². The van der Waals surface area contributed by atoms with Gasteiger partial charge in [0.2, 0.25) is 0 Å². The largest absolute Gasteiger partial charge is 0.298 e. The highest BCUT2D eigenvalue weighted by Crippen LogP contribution is 2.35. The van der Waals surface area contributed by atoms with Gasteiger partial charge in [-0.15, -0.1) is 0 Å². The summed E-state index contributed by atoms with van der Waals surface area (Å²) in [5, 5.41) is 5.22. The van der Waals surface area contributed by atoms with Crippen LogP contribution < -0.4 is 0 Å². The molecule has 18 heavy (non-hydrogen) atoms. The lowest BCUT2D eigenvalue weighted by Crippen LogP contribution is -2.28. The summed E-state index contributed by atoms with van der Waals surface area (Å²) in [5.74, 6) is 1.89. The van der Waals surface area contributed by atoms with Crippen LogP contribution >= 0.6 is 11.6 Å². The number of nitrogens with zero attached hydrogens (tertiary/aromatic N) is 3. The Labute approximate surface area is 114 Å². The van der Waals surface area contributed by atoms with Crippen LogP contribution in [0.5, 0.6) is 0 Å². The standard InChI is InChI=1S/C14H22ClN3/c1-10-13(14(15)17(2)16-10)9-18(7-11-3-4-11)8-12-5-6-12/h11-12H,3-9H2,1-2H3. The van der Waals surface area contributed by atoms with Crippen molar-refractivity contribution in [1.29, 1.82) is 0 Å². The number of rotatable bonds is 6. The first-order chi connectivity index (χ1) is 8.63. The summed E-state index contributed by atoms with van der Waals surface area (Å²) in [7, 11) is 1.92. The summed E-state index contributed by atoms with van der Waals surface area (Å²) < 4.78 is 1.79. The summed E-state index contributed by atoms with van der Waals surface area (Å²) in [6, 6.07) is 0. The molecule has 0 N–H and O–H groups in total. The van der Waals surface area contributed by atoms with E-state index in [1.807, 2.05) is 7.05 Å². The van der Waals surface area contributed by atoms with Gasteiger partial charge in [-0.25, -0.2) is 0 Å². The van der Waals surface area contributed by atoms with Gasteiger partial charge < -0.3 is 0 Å². The minimum atomic E-state index is 0.809. The predicted octanol–water partition coefficient (Wildman–Crippen LogP) is 3.00. The van der Waals surface area contributed by atoms with Gasteiger partial charge in [0.15, 0.2) is 0 Å². The Bertz CT molecular complexity index is 418. The third kappa shape index (κ3) is 2.89. The molecular formula is C14H22ClN3. The van der Waals surface area contributed by atoms with E-state index in [4.69, 9.17) is 11.6 Å². The lowest BCUT2D eigenvalue weighted by atomic mass is 10.2. The van der Waals surface area contributed by atoms with E-state index in [1.54, 1.807) is 4.68 Å². The van der Waals surface area contributed by atoms with Gasteiger partial charge in [-0.1, -0.05) is 11.6 Å². The average molecular weight is 268 g/mol. The van der Waals surface area contributed by atoms with Crippen molar-refractivity contribution < 1.29 is 0 Å². The van der Waals surface area contributed by atoms with Crippen molar-refractivity contribution >= 4 is 11.6 Å². The number of aromatic nitrogens is 2. The fourth-order valence-electron chi connectivity index (χ4n) is 2.61. The average Bonchev–Trinajstić information content (AvgIpc) is 3.19. The number of hydrogen-bond acceptors (Lipinski definition) is 2. The van der Waals surface area contributed by atoms with E-state index in [2.05, 4.69) is 16.9 Å². The van der Waals surface area contributed by atoms with Crippen molar-refractivity contribution in [3.63, 3.8) is 0 Å². The molecule has 3 rings (SSSR count). The molecule has 0 radical (unpaired) electrons. The third-order valence-electron chi connectivity index (χ3n) is 4.08. The van der Waals surface area contributed by atoms with Crippen molar-refractivity contribution in [3.05, 3.63) is 16.4 Å². The predicted molar refractivity (Wildman–Crippen MR) is 73.7 cm³/mol. The molecule has 0 unspecified atom stereocenters. The van der Waals surface area contributed by atoms with E-state index >= 15 is 0 Å². The smallest absolute Gasteiger partial charge is 0.131 e. The Morgan fingerprint density at radius 3 is 2.17 bits per heavy atom. The first kappa shape index (κ1) is 12.5. The molecular weight excluding hydrogens is 246 g/mol. The molecule has 0 bridgehead atoms. The van der Waals surface area contributed by atoms with Crippen LogP contribution in [0.25, 0.3) is 0 Å². The Morgan fingerprint density at radius 2 is 1.78 bits per heavy atom. The maximum atomic E-state index is 6.34. The lowest BCUT2D eigenvalue weighted by molar-refractivity contribution is 0.244. The summed E-state index contributed by atoms with van der Waals surface area (Å²) >= 11 is 6.34. The topological polar surface area (TPSA) is 21.1 Å². The fraction of sp³-hybridized carbons (Fsp3) is 0.786. The maximum Gasteiger partial charge on any atom is 0.131 e. The second-order valence-corrected chi connectivity index (χ2v) is 6.42. The van der Waals surface area contributed by atoms with Crippen LogP contribution in [0.4, 0.5) is 0 Å². The van der Waals surface area contributed by atoms with Crippen molar-refractivity contribution in [3.8, 4) is 0 Å².